The van der Waals surface area contributed by atoms with Gasteiger partial charge in [-0.3, -0.25) is 4.79 Å². The van der Waals surface area contributed by atoms with Crippen molar-refractivity contribution in [3.05, 3.63) is 65.0 Å². The third kappa shape index (κ3) is 4.08. The molecule has 0 aliphatic rings. The van der Waals surface area contributed by atoms with Crippen molar-refractivity contribution >= 4 is 12.1 Å². The summed E-state index contributed by atoms with van der Waals surface area (Å²) in [6, 6.07) is 7.09. The fourth-order valence-electron chi connectivity index (χ4n) is 1.74. The average Bonchev–Trinajstić information content (AvgIpc) is 2.41. The van der Waals surface area contributed by atoms with Crippen LogP contribution in [-0.4, -0.2) is 17.2 Å². The van der Waals surface area contributed by atoms with Crippen molar-refractivity contribution in [2.24, 2.45) is 5.10 Å². The minimum Gasteiger partial charge on any atom is -0.508 e. The number of carbonyl (C=O) groups excluding carboxylic acids is 1. The van der Waals surface area contributed by atoms with Crippen molar-refractivity contribution in [1.82, 2.24) is 5.43 Å². The molecule has 2 N–H and O–H groups in total. The van der Waals surface area contributed by atoms with Gasteiger partial charge in [-0.15, -0.1) is 0 Å². The van der Waals surface area contributed by atoms with Gasteiger partial charge >= 0.3 is 0 Å². The minimum absolute atomic E-state index is 0.0178. The van der Waals surface area contributed by atoms with Crippen LogP contribution in [0.4, 0.5) is 13.2 Å². The Bertz CT molecular complexity index is 709. The first kappa shape index (κ1) is 15.6. The van der Waals surface area contributed by atoms with Crippen molar-refractivity contribution in [2.75, 3.05) is 0 Å². The van der Waals surface area contributed by atoms with Crippen LogP contribution in [-0.2, 0) is 11.2 Å². The predicted octanol–water partition coefficient (Wildman–Crippen LogP) is 2.50. The molecule has 1 amide bonds. The van der Waals surface area contributed by atoms with Gasteiger partial charge < -0.3 is 5.11 Å². The number of amides is 1. The maximum absolute atomic E-state index is 13.3. The summed E-state index contributed by atoms with van der Waals surface area (Å²) < 4.78 is 39.3. The minimum atomic E-state index is -1.12. The maximum Gasteiger partial charge on any atom is 0.244 e. The van der Waals surface area contributed by atoms with E-state index < -0.39 is 28.9 Å². The van der Waals surface area contributed by atoms with Crippen LogP contribution < -0.4 is 5.43 Å². The van der Waals surface area contributed by atoms with Crippen LogP contribution >= 0.6 is 0 Å². The molecule has 0 aromatic heterocycles. The number of nitrogens with one attached hydrogen (secondary N) is 1. The molecule has 0 spiro atoms. The second-order valence-electron chi connectivity index (χ2n) is 4.42. The zero-order valence-electron chi connectivity index (χ0n) is 11.2. The van der Waals surface area contributed by atoms with E-state index >= 15 is 0 Å². The fraction of sp³-hybridized carbons (Fsp3) is 0.0667. The number of phenolic OH excluding ortho intramolecular Hbond substituents is 1. The van der Waals surface area contributed by atoms with Gasteiger partial charge in [0.05, 0.1) is 18.2 Å². The Morgan fingerprint density at radius 3 is 2.50 bits per heavy atom. The molecule has 2 aromatic carbocycles. The fourth-order valence-corrected chi connectivity index (χ4v) is 1.74. The quantitative estimate of drug-likeness (QED) is 0.673. The van der Waals surface area contributed by atoms with Crippen LogP contribution in [0.25, 0.3) is 0 Å². The molecule has 0 radical (unpaired) electrons. The molecule has 114 valence electrons. The molecular formula is C15H11F3N2O2. The number of benzene rings is 2. The smallest absolute Gasteiger partial charge is 0.244 e. The molecule has 0 atom stereocenters. The number of phenols is 1. The molecule has 0 aliphatic carbocycles. The van der Waals surface area contributed by atoms with Gasteiger partial charge in [0, 0.05) is 12.1 Å². The lowest BCUT2D eigenvalue weighted by Gasteiger charge is -2.02. The van der Waals surface area contributed by atoms with E-state index in [0.29, 0.717) is 17.7 Å². The van der Waals surface area contributed by atoms with Crippen LogP contribution in [0, 0.1) is 17.5 Å². The van der Waals surface area contributed by atoms with E-state index in [-0.39, 0.29) is 12.2 Å². The second kappa shape index (κ2) is 6.75. The van der Waals surface area contributed by atoms with Crippen molar-refractivity contribution < 1.29 is 23.1 Å². The third-order valence-corrected chi connectivity index (χ3v) is 2.70. The normalized spacial score (nSPS) is 10.9. The number of nitrogens with zero attached hydrogens (tertiary/aromatic N) is 1. The van der Waals surface area contributed by atoms with Crippen LogP contribution in [0.2, 0.25) is 0 Å². The SMILES string of the molecule is O=C(Cc1cccc(O)c1)N/N=C/c1c(F)cc(F)cc1F. The van der Waals surface area contributed by atoms with E-state index in [1.165, 1.54) is 12.1 Å². The average molecular weight is 308 g/mol. The third-order valence-electron chi connectivity index (χ3n) is 2.70. The second-order valence-corrected chi connectivity index (χ2v) is 4.42. The number of halogens is 3. The molecule has 0 fully saturated rings. The van der Waals surface area contributed by atoms with Crippen molar-refractivity contribution in [2.45, 2.75) is 6.42 Å². The highest BCUT2D eigenvalue weighted by Gasteiger charge is 2.09. The van der Waals surface area contributed by atoms with Crippen molar-refractivity contribution in [1.29, 1.82) is 0 Å². The Balaban J connectivity index is 1.99. The molecule has 0 bridgehead atoms. The number of rotatable bonds is 4. The molecule has 0 aliphatic heterocycles. The first-order chi connectivity index (χ1) is 10.5. The number of hydrogen-bond acceptors (Lipinski definition) is 3. The Morgan fingerprint density at radius 1 is 1.18 bits per heavy atom. The van der Waals surface area contributed by atoms with Gasteiger partial charge in [-0.2, -0.15) is 5.10 Å². The van der Waals surface area contributed by atoms with Gasteiger partial charge in [-0.25, -0.2) is 18.6 Å². The first-order valence-corrected chi connectivity index (χ1v) is 6.20. The van der Waals surface area contributed by atoms with Crippen LogP contribution in [0.15, 0.2) is 41.5 Å². The van der Waals surface area contributed by atoms with Gasteiger partial charge in [-0.05, 0) is 17.7 Å². The summed E-state index contributed by atoms with van der Waals surface area (Å²) in [6.07, 6.45) is 0.685. The Labute approximate surface area is 123 Å². The lowest BCUT2D eigenvalue weighted by atomic mass is 10.1. The van der Waals surface area contributed by atoms with Gasteiger partial charge in [0.25, 0.3) is 0 Å². The highest BCUT2D eigenvalue weighted by Crippen LogP contribution is 2.13. The summed E-state index contributed by atoms with van der Waals surface area (Å²) in [6.45, 7) is 0. The predicted molar refractivity (Wildman–Crippen MR) is 73.9 cm³/mol. The van der Waals surface area contributed by atoms with Crippen LogP contribution in [0.5, 0.6) is 5.75 Å². The monoisotopic (exact) mass is 308 g/mol. The molecule has 0 unspecified atom stereocenters. The van der Waals surface area contributed by atoms with Crippen LogP contribution in [0.3, 0.4) is 0 Å². The van der Waals surface area contributed by atoms with Crippen molar-refractivity contribution in [3.63, 3.8) is 0 Å². The molecule has 7 heteroatoms. The first-order valence-electron chi connectivity index (χ1n) is 6.20. The Morgan fingerprint density at radius 2 is 1.86 bits per heavy atom. The zero-order valence-corrected chi connectivity index (χ0v) is 11.2. The molecular weight excluding hydrogens is 297 g/mol. The molecule has 2 rings (SSSR count). The zero-order chi connectivity index (χ0) is 16.1. The van der Waals surface area contributed by atoms with E-state index in [4.69, 9.17) is 0 Å². The van der Waals surface area contributed by atoms with E-state index in [2.05, 4.69) is 10.5 Å². The van der Waals surface area contributed by atoms with E-state index in [1.807, 2.05) is 0 Å². The number of aromatic hydroxyl groups is 1. The lowest BCUT2D eigenvalue weighted by molar-refractivity contribution is -0.120. The summed E-state index contributed by atoms with van der Waals surface area (Å²) in [5.41, 5.74) is 2.08. The summed E-state index contributed by atoms with van der Waals surface area (Å²) in [5.74, 6) is -3.80. The standard InChI is InChI=1S/C15H11F3N2O2/c16-10-6-13(17)12(14(18)7-10)8-19-20-15(22)5-9-2-1-3-11(21)4-9/h1-4,6-8,21H,5H2,(H,20,22)/b19-8+. The van der Waals surface area contributed by atoms with E-state index in [1.54, 1.807) is 12.1 Å². The maximum atomic E-state index is 13.3. The Hall–Kier alpha value is -2.83. The van der Waals surface area contributed by atoms with Gasteiger partial charge in [0.1, 0.15) is 23.2 Å². The van der Waals surface area contributed by atoms with Gasteiger partial charge in [0.2, 0.25) is 5.91 Å². The van der Waals surface area contributed by atoms with Crippen molar-refractivity contribution in [3.8, 4) is 5.75 Å². The molecule has 22 heavy (non-hydrogen) atoms. The van der Waals surface area contributed by atoms with E-state index in [0.717, 1.165) is 6.21 Å². The number of carbonyl (C=O) groups is 1. The van der Waals surface area contributed by atoms with Gasteiger partial charge in [-0.1, -0.05) is 12.1 Å². The molecule has 2 aromatic rings. The molecule has 0 saturated heterocycles. The summed E-state index contributed by atoms with van der Waals surface area (Å²) in [7, 11) is 0. The topological polar surface area (TPSA) is 61.7 Å². The van der Waals surface area contributed by atoms with Gasteiger partial charge in [0.15, 0.2) is 0 Å². The van der Waals surface area contributed by atoms with E-state index in [9.17, 15) is 23.1 Å². The highest BCUT2D eigenvalue weighted by atomic mass is 19.1. The largest absolute Gasteiger partial charge is 0.508 e. The summed E-state index contributed by atoms with van der Waals surface area (Å²) in [5, 5.41) is 12.7. The molecule has 4 nitrogen and oxygen atoms in total. The van der Waals surface area contributed by atoms with Crippen LogP contribution in [0.1, 0.15) is 11.1 Å². The highest BCUT2D eigenvalue weighted by molar-refractivity contribution is 5.83. The number of hydrogen-bond donors (Lipinski definition) is 2. The number of hydrazone groups is 1. The summed E-state index contributed by atoms with van der Waals surface area (Å²) in [4.78, 5) is 11.6. The summed E-state index contributed by atoms with van der Waals surface area (Å²) >= 11 is 0. The molecule has 0 heterocycles. The molecule has 0 saturated carbocycles. The lowest BCUT2D eigenvalue weighted by Crippen LogP contribution is -2.20. The Kier molecular flexibility index (Phi) is 4.77.